The van der Waals surface area contributed by atoms with Crippen LogP contribution in [-0.2, 0) is 26.3 Å². The van der Waals surface area contributed by atoms with Gasteiger partial charge in [-0.05, 0) is 5.57 Å². The van der Waals surface area contributed by atoms with Crippen molar-refractivity contribution in [1.82, 2.24) is 30.0 Å². The molecule has 0 spiro atoms. The van der Waals surface area contributed by atoms with Gasteiger partial charge in [0.2, 0.25) is 0 Å². The number of nitrogens with zero attached hydrogens (tertiary/aromatic N) is 6. The molecule has 2 aliphatic heterocycles. The Balaban J connectivity index is 1.51. The van der Waals surface area contributed by atoms with Crippen LogP contribution < -0.4 is 16.6 Å². The summed E-state index contributed by atoms with van der Waals surface area (Å²) < 4.78 is 1.19. The van der Waals surface area contributed by atoms with E-state index in [9.17, 15) is 29.4 Å². The first-order valence-electron chi connectivity index (χ1n) is 9.92. The average Bonchev–Trinajstić information content (AvgIpc) is 3.27. The van der Waals surface area contributed by atoms with E-state index in [4.69, 9.17) is 10.6 Å². The molecule has 2 aliphatic rings. The van der Waals surface area contributed by atoms with Crippen LogP contribution in [-0.4, -0.2) is 88.4 Å². The monoisotopic (exact) mass is 554 g/mol. The van der Waals surface area contributed by atoms with Gasteiger partial charge in [-0.2, -0.15) is 4.98 Å². The van der Waals surface area contributed by atoms with Crippen LogP contribution in [0.2, 0.25) is 0 Å². The van der Waals surface area contributed by atoms with E-state index >= 15 is 0 Å². The molecule has 0 aliphatic carbocycles. The van der Waals surface area contributed by atoms with Crippen molar-refractivity contribution in [2.24, 2.45) is 12.2 Å². The average molecular weight is 555 g/mol. The number of oxime groups is 1. The fourth-order valence-electron chi connectivity index (χ4n) is 3.41. The molecule has 2 aromatic heterocycles. The minimum atomic E-state index is -1.31. The van der Waals surface area contributed by atoms with Crippen molar-refractivity contribution in [1.29, 1.82) is 0 Å². The van der Waals surface area contributed by atoms with E-state index in [1.807, 2.05) is 0 Å². The maximum Gasteiger partial charge on any atom is 0.352 e. The molecule has 4 heterocycles. The quantitative estimate of drug-likeness (QED) is 0.131. The lowest BCUT2D eigenvalue weighted by molar-refractivity contribution is -0.150. The summed E-state index contributed by atoms with van der Waals surface area (Å²) in [6.45, 7) is 0. The Morgan fingerprint density at radius 2 is 2.14 bits per heavy atom. The van der Waals surface area contributed by atoms with Gasteiger partial charge in [0.15, 0.2) is 16.0 Å². The Kier molecular flexibility index (Phi) is 7.18. The van der Waals surface area contributed by atoms with E-state index in [0.29, 0.717) is 5.57 Å². The van der Waals surface area contributed by atoms with E-state index in [2.05, 4.69) is 25.5 Å². The normalized spacial score (nSPS) is 19.6. The van der Waals surface area contributed by atoms with Crippen LogP contribution >= 0.6 is 34.9 Å². The van der Waals surface area contributed by atoms with Crippen LogP contribution in [0.3, 0.4) is 0 Å². The molecule has 2 atom stereocenters. The van der Waals surface area contributed by atoms with Crippen molar-refractivity contribution in [2.45, 2.75) is 16.6 Å². The first-order chi connectivity index (χ1) is 17.1. The van der Waals surface area contributed by atoms with Gasteiger partial charge in [0.05, 0.1) is 0 Å². The van der Waals surface area contributed by atoms with Gasteiger partial charge in [-0.3, -0.25) is 19.3 Å². The number of thioether (sulfide) groups is 2. The third-order valence-corrected chi connectivity index (χ3v) is 8.10. The molecule has 15 nitrogen and oxygen atoms in total. The molecular formula is C18H18N8O7S3. The summed E-state index contributed by atoms with van der Waals surface area (Å²) in [5.41, 5.74) is 4.94. The highest BCUT2D eigenvalue weighted by Gasteiger charge is 2.54. The number of aromatic nitrogens is 4. The number of carbonyl (C=O) groups excluding carboxylic acids is 2. The van der Waals surface area contributed by atoms with Crippen molar-refractivity contribution < 1.29 is 29.4 Å². The highest BCUT2D eigenvalue weighted by molar-refractivity contribution is 8.01. The van der Waals surface area contributed by atoms with Gasteiger partial charge in [0, 0.05) is 23.9 Å². The van der Waals surface area contributed by atoms with Gasteiger partial charge < -0.3 is 26.1 Å². The van der Waals surface area contributed by atoms with E-state index < -0.39 is 40.6 Å². The minimum Gasteiger partial charge on any atom is -0.488 e. The number of aromatic hydroxyl groups is 1. The van der Waals surface area contributed by atoms with Crippen LogP contribution in [0, 0.1) is 0 Å². The van der Waals surface area contributed by atoms with Crippen LogP contribution in [0.15, 0.2) is 31.8 Å². The van der Waals surface area contributed by atoms with Crippen molar-refractivity contribution in [2.75, 3.05) is 24.3 Å². The van der Waals surface area contributed by atoms with Gasteiger partial charge in [-0.1, -0.05) is 16.9 Å². The van der Waals surface area contributed by atoms with Gasteiger partial charge in [0.25, 0.3) is 17.7 Å². The second-order valence-electron chi connectivity index (χ2n) is 7.25. The Morgan fingerprint density at radius 3 is 2.78 bits per heavy atom. The van der Waals surface area contributed by atoms with Crippen molar-refractivity contribution in [3.8, 4) is 5.88 Å². The summed E-state index contributed by atoms with van der Waals surface area (Å²) in [6, 6.07) is -0.993. The third-order valence-electron chi connectivity index (χ3n) is 4.98. The van der Waals surface area contributed by atoms with Crippen molar-refractivity contribution in [3.63, 3.8) is 0 Å². The standard InChI is InChI=1S/C18H18N8O7S3/c1-25-18(22-12(28)13(29)23-25)36-4-6-3-34-15-9(14(30)26(15)10(6)16(31)32)21-11(27)8(24-33-2)7-5-35-17(19)20-7/h5,9,15H,3-4H2,1-2H3,(H2,19,20)(H,21,27)(H,23,29)(H,31,32)/t9-,15+/m1/s1. The van der Waals surface area contributed by atoms with E-state index in [1.54, 1.807) is 0 Å². The van der Waals surface area contributed by atoms with Crippen molar-refractivity contribution in [3.05, 3.63) is 32.7 Å². The Bertz CT molecular complexity index is 1370. The van der Waals surface area contributed by atoms with E-state index in [-0.39, 0.29) is 38.9 Å². The number of thiazole rings is 1. The number of nitrogen functional groups attached to an aromatic ring is 1. The molecule has 0 saturated carbocycles. The number of amides is 2. The maximum absolute atomic E-state index is 12.9. The Hall–Kier alpha value is -3.64. The van der Waals surface area contributed by atoms with E-state index in [1.165, 1.54) is 36.0 Å². The summed E-state index contributed by atoms with van der Waals surface area (Å²) in [6.07, 6.45) is 0. The maximum atomic E-state index is 12.9. The fraction of sp³-hybridized carbons (Fsp3) is 0.333. The number of aliphatic carboxylic acids is 1. The van der Waals surface area contributed by atoms with Crippen LogP contribution in [0.1, 0.15) is 5.69 Å². The van der Waals surface area contributed by atoms with Gasteiger partial charge in [-0.15, -0.1) is 28.2 Å². The minimum absolute atomic E-state index is 0.102. The zero-order chi connectivity index (χ0) is 26.1. The number of hydrogen-bond acceptors (Lipinski definition) is 14. The molecule has 0 bridgehead atoms. The predicted octanol–water partition coefficient (Wildman–Crippen LogP) is -1.20. The first-order valence-corrected chi connectivity index (χ1v) is 12.8. The molecule has 4 rings (SSSR count). The summed E-state index contributed by atoms with van der Waals surface area (Å²) in [4.78, 5) is 62.9. The second kappa shape index (κ2) is 10.2. The predicted molar refractivity (Wildman–Crippen MR) is 129 cm³/mol. The number of rotatable bonds is 8. The number of β-lactam (4-membered cyclic amide) rings is 1. The third kappa shape index (κ3) is 4.73. The Morgan fingerprint density at radius 1 is 1.39 bits per heavy atom. The molecule has 0 radical (unpaired) electrons. The number of nitrogens with one attached hydrogen (secondary N) is 1. The summed E-state index contributed by atoms with van der Waals surface area (Å²) in [5.74, 6) is -3.04. The van der Waals surface area contributed by atoms with Gasteiger partial charge in [0.1, 0.15) is 29.9 Å². The molecular weight excluding hydrogens is 536 g/mol. The van der Waals surface area contributed by atoms with E-state index in [0.717, 1.165) is 28.0 Å². The number of nitrogens with two attached hydrogens (primary N) is 1. The topological polar surface area (TPSA) is 215 Å². The first kappa shape index (κ1) is 25.5. The van der Waals surface area contributed by atoms with Crippen molar-refractivity contribution >= 4 is 63.5 Å². The number of hydrogen-bond donors (Lipinski definition) is 4. The molecule has 1 fully saturated rings. The number of fused-ring (bicyclic) bond motifs is 1. The zero-order valence-electron chi connectivity index (χ0n) is 18.6. The number of anilines is 1. The molecule has 36 heavy (non-hydrogen) atoms. The molecule has 18 heteroatoms. The van der Waals surface area contributed by atoms with Gasteiger partial charge in [-0.25, -0.2) is 14.5 Å². The summed E-state index contributed by atoms with van der Waals surface area (Å²) >= 11 is 3.41. The fourth-order valence-corrected chi connectivity index (χ4v) is 6.35. The zero-order valence-corrected chi connectivity index (χ0v) is 21.0. The molecule has 0 unspecified atom stereocenters. The lowest BCUT2D eigenvalue weighted by Crippen LogP contribution is -2.71. The second-order valence-corrected chi connectivity index (χ2v) is 10.2. The smallest absolute Gasteiger partial charge is 0.352 e. The highest BCUT2D eigenvalue weighted by atomic mass is 32.2. The molecule has 2 aromatic rings. The lowest BCUT2D eigenvalue weighted by Gasteiger charge is -2.49. The number of carboxylic acids is 1. The number of carboxylic acid groups (broad SMARTS) is 1. The molecule has 2 amide bonds. The van der Waals surface area contributed by atoms with Crippen LogP contribution in [0.5, 0.6) is 5.88 Å². The number of carbonyl (C=O) groups is 3. The van der Waals surface area contributed by atoms with Gasteiger partial charge >= 0.3 is 11.5 Å². The summed E-state index contributed by atoms with van der Waals surface area (Å²) in [7, 11) is 2.72. The molecule has 5 N–H and O–H groups in total. The Labute approximate surface area is 214 Å². The highest BCUT2D eigenvalue weighted by Crippen LogP contribution is 2.41. The van der Waals surface area contributed by atoms with Crippen LogP contribution in [0.25, 0.3) is 0 Å². The number of aryl methyl sites for hydroxylation is 1. The largest absolute Gasteiger partial charge is 0.488 e. The molecule has 1 saturated heterocycles. The summed E-state index contributed by atoms with van der Waals surface area (Å²) in [5, 5.41) is 30.3. The SMILES string of the molecule is CON=C(C(=O)N[C@@H]1C(=O)N2C(C(=O)O)=C(CSc3nc(=O)c(O)nn3C)CS[C@@H]12)c1csc(N)n1. The molecule has 190 valence electrons. The van der Waals surface area contributed by atoms with Crippen LogP contribution in [0.4, 0.5) is 5.13 Å². The molecule has 0 aromatic carbocycles. The lowest BCUT2D eigenvalue weighted by atomic mass is 10.0.